The molecule has 2 aromatic carbocycles. The van der Waals surface area contributed by atoms with Crippen molar-refractivity contribution in [2.24, 2.45) is 4.99 Å². The highest BCUT2D eigenvalue weighted by molar-refractivity contribution is 7.91. The molecule has 2 aromatic rings. The van der Waals surface area contributed by atoms with E-state index in [1.54, 1.807) is 0 Å². The zero-order valence-corrected chi connectivity index (χ0v) is 19.2. The number of aliphatic imine (C=N–C) groups is 1. The van der Waals surface area contributed by atoms with Crippen molar-refractivity contribution in [1.82, 2.24) is 9.62 Å². The van der Waals surface area contributed by atoms with Gasteiger partial charge in [-0.2, -0.15) is 0 Å². The number of hydrogen-bond donors (Lipinski definition) is 2. The van der Waals surface area contributed by atoms with Gasteiger partial charge in [0, 0.05) is 38.5 Å². The molecule has 0 amide bonds. The van der Waals surface area contributed by atoms with Crippen LogP contribution in [-0.4, -0.2) is 71.8 Å². The first-order valence-electron chi connectivity index (χ1n) is 10.2. The van der Waals surface area contributed by atoms with Crippen molar-refractivity contribution < 1.29 is 13.2 Å². The fourth-order valence-corrected chi connectivity index (χ4v) is 4.32. The summed E-state index contributed by atoms with van der Waals surface area (Å²) < 4.78 is 32.6. The van der Waals surface area contributed by atoms with Crippen LogP contribution < -0.4 is 9.46 Å². The Morgan fingerprint density at radius 2 is 1.90 bits per heavy atom. The van der Waals surface area contributed by atoms with Crippen LogP contribution in [0.15, 0.2) is 59.6 Å². The van der Waals surface area contributed by atoms with Crippen molar-refractivity contribution in [2.75, 3.05) is 40.8 Å². The summed E-state index contributed by atoms with van der Waals surface area (Å²) in [5, 5.41) is 6.18. The van der Waals surface area contributed by atoms with Gasteiger partial charge in [0.15, 0.2) is 0 Å². The molecule has 0 spiro atoms. The van der Waals surface area contributed by atoms with Gasteiger partial charge in [0.2, 0.25) is 10.0 Å². The predicted molar refractivity (Wildman–Crippen MR) is 127 cm³/mol. The number of ether oxygens (including phenoxy) is 1. The van der Waals surface area contributed by atoms with Crippen LogP contribution in [0.25, 0.3) is 0 Å². The minimum atomic E-state index is -3.69. The molecule has 0 fully saturated rings. The molecule has 2 rings (SSSR count). The average Bonchev–Trinajstić information content (AvgIpc) is 2.75. The summed E-state index contributed by atoms with van der Waals surface area (Å²) >= 11 is 0. The Morgan fingerprint density at radius 3 is 2.55 bits per heavy atom. The van der Waals surface area contributed by atoms with Crippen molar-refractivity contribution in [3.8, 4) is 5.75 Å². The molecule has 7 nitrogen and oxygen atoms in total. The van der Waals surface area contributed by atoms with Crippen LogP contribution in [0.5, 0.6) is 5.75 Å². The molecule has 2 atom stereocenters. The molecule has 0 aromatic heterocycles. The van der Waals surface area contributed by atoms with Crippen LogP contribution in [-0.2, 0) is 16.4 Å². The quantitative estimate of drug-likeness (QED) is 0.367. The average molecular weight is 445 g/mol. The number of nitrogens with zero attached hydrogens (tertiary/aromatic N) is 2. The lowest BCUT2D eigenvalue weighted by Crippen LogP contribution is -2.38. The molecule has 0 saturated heterocycles. The monoisotopic (exact) mass is 444 g/mol. The van der Waals surface area contributed by atoms with Gasteiger partial charge in [-0.3, -0.25) is 4.99 Å². The van der Waals surface area contributed by atoms with Gasteiger partial charge >= 0.3 is 0 Å². The molecular weight excluding hydrogens is 412 g/mol. The maximum Gasteiger partial charge on any atom is 0.224 e. The van der Waals surface area contributed by atoms with Gasteiger partial charge in [-0.15, -0.1) is 0 Å². The molecule has 31 heavy (non-hydrogen) atoms. The van der Waals surface area contributed by atoms with Crippen molar-refractivity contribution in [3.05, 3.63) is 65.7 Å². The van der Waals surface area contributed by atoms with Crippen LogP contribution in [0.1, 0.15) is 17.0 Å². The first-order valence-corrected chi connectivity index (χ1v) is 11.7. The van der Waals surface area contributed by atoms with E-state index in [2.05, 4.69) is 59.0 Å². The summed E-state index contributed by atoms with van der Waals surface area (Å²) in [6.45, 7) is 1.20. The first-order chi connectivity index (χ1) is 14.9. The topological polar surface area (TPSA) is 94.8 Å². The predicted octanol–water partition coefficient (Wildman–Crippen LogP) is 2.59. The third kappa shape index (κ3) is 8.24. The van der Waals surface area contributed by atoms with Gasteiger partial charge in [0.25, 0.3) is 0 Å². The standard InChI is InChI=1S/C23H32N4O3S/c1-25-17-23(16-24)31(28,29)26-12-13-30-22-11-7-10-20(15-22)21(18-27(2)3)14-19-8-5-4-6-9-19/h4-11,15-17,21,23-24,26H,12-14,18H2,1-3H3. The summed E-state index contributed by atoms with van der Waals surface area (Å²) in [5.41, 5.74) is 2.46. The van der Waals surface area contributed by atoms with Crippen LogP contribution >= 0.6 is 0 Å². The molecule has 2 unspecified atom stereocenters. The minimum absolute atomic E-state index is 0.111. The van der Waals surface area contributed by atoms with Crippen LogP contribution in [0.2, 0.25) is 0 Å². The Labute approximate surface area is 185 Å². The molecule has 0 aliphatic heterocycles. The van der Waals surface area contributed by atoms with Crippen molar-refractivity contribution in [1.29, 1.82) is 5.41 Å². The third-order valence-corrected chi connectivity index (χ3v) is 6.31. The van der Waals surface area contributed by atoms with E-state index in [1.165, 1.54) is 24.4 Å². The SMILES string of the molecule is CN=CC(C=N)S(=O)(=O)NCCOc1cccc(C(Cc2ccccc2)CN(C)C)c1. The Balaban J connectivity index is 2.00. The maximum atomic E-state index is 12.2. The highest BCUT2D eigenvalue weighted by Crippen LogP contribution is 2.25. The van der Waals surface area contributed by atoms with E-state index in [4.69, 9.17) is 10.1 Å². The summed E-state index contributed by atoms with van der Waals surface area (Å²) in [6.07, 6.45) is 2.99. The Morgan fingerprint density at radius 1 is 1.16 bits per heavy atom. The summed E-state index contributed by atoms with van der Waals surface area (Å²) in [6, 6.07) is 18.4. The van der Waals surface area contributed by atoms with Gasteiger partial charge in [-0.25, -0.2) is 13.1 Å². The summed E-state index contributed by atoms with van der Waals surface area (Å²) in [4.78, 5) is 5.87. The number of likely N-dealkylation sites (N-methyl/N-ethyl adjacent to an activating group) is 1. The number of hydrogen-bond acceptors (Lipinski definition) is 6. The van der Waals surface area contributed by atoms with Gasteiger partial charge in [0.1, 0.15) is 17.6 Å². The third-order valence-electron chi connectivity index (χ3n) is 4.73. The fourth-order valence-electron chi connectivity index (χ4n) is 3.29. The smallest absolute Gasteiger partial charge is 0.224 e. The van der Waals surface area contributed by atoms with Gasteiger partial charge in [0.05, 0.1) is 0 Å². The van der Waals surface area contributed by atoms with Crippen LogP contribution in [0.3, 0.4) is 0 Å². The molecule has 0 radical (unpaired) electrons. The van der Waals surface area contributed by atoms with E-state index in [0.717, 1.165) is 19.2 Å². The lowest BCUT2D eigenvalue weighted by Gasteiger charge is -2.22. The first kappa shape index (κ1) is 24.7. The number of nitrogens with one attached hydrogen (secondary N) is 2. The fraction of sp³-hybridized carbons (Fsp3) is 0.391. The van der Waals surface area contributed by atoms with Gasteiger partial charge in [-0.1, -0.05) is 42.5 Å². The van der Waals surface area contributed by atoms with Crippen LogP contribution in [0, 0.1) is 5.41 Å². The van der Waals surface area contributed by atoms with Crippen molar-refractivity contribution in [3.63, 3.8) is 0 Å². The second-order valence-electron chi connectivity index (χ2n) is 7.55. The Bertz CT molecular complexity index is 946. The summed E-state index contributed by atoms with van der Waals surface area (Å²) in [7, 11) is 1.92. The van der Waals surface area contributed by atoms with Gasteiger partial charge < -0.3 is 15.0 Å². The second-order valence-corrected chi connectivity index (χ2v) is 9.47. The second kappa shape index (κ2) is 12.3. The van der Waals surface area contributed by atoms with E-state index in [9.17, 15) is 8.42 Å². The van der Waals surface area contributed by atoms with E-state index >= 15 is 0 Å². The molecular formula is C23H32N4O3S. The molecule has 0 saturated carbocycles. The highest BCUT2D eigenvalue weighted by atomic mass is 32.2. The Hall–Kier alpha value is -2.55. The van der Waals surface area contributed by atoms with E-state index in [1.807, 2.05) is 24.3 Å². The van der Waals surface area contributed by atoms with Crippen LogP contribution in [0.4, 0.5) is 0 Å². The summed E-state index contributed by atoms with van der Waals surface area (Å²) in [5.74, 6) is 1.01. The molecule has 2 N–H and O–H groups in total. The van der Waals surface area contributed by atoms with Crippen molar-refractivity contribution >= 4 is 22.5 Å². The number of sulfonamides is 1. The number of benzene rings is 2. The molecule has 168 valence electrons. The maximum absolute atomic E-state index is 12.2. The lowest BCUT2D eigenvalue weighted by molar-refractivity contribution is 0.321. The largest absolute Gasteiger partial charge is 0.492 e. The minimum Gasteiger partial charge on any atom is -0.492 e. The number of rotatable bonds is 13. The van der Waals surface area contributed by atoms with Crippen molar-refractivity contribution in [2.45, 2.75) is 17.6 Å². The zero-order valence-electron chi connectivity index (χ0n) is 18.4. The normalized spacial score (nSPS) is 13.9. The zero-order chi connectivity index (χ0) is 22.7. The molecule has 0 bridgehead atoms. The van der Waals surface area contributed by atoms with E-state index < -0.39 is 15.3 Å². The van der Waals surface area contributed by atoms with E-state index in [0.29, 0.717) is 11.7 Å². The van der Waals surface area contributed by atoms with Gasteiger partial charge in [-0.05, 0) is 43.8 Å². The molecule has 8 heteroatoms. The molecule has 0 heterocycles. The molecule has 0 aliphatic carbocycles. The molecule has 0 aliphatic rings. The van der Waals surface area contributed by atoms with E-state index in [-0.39, 0.29) is 13.2 Å². The highest BCUT2D eigenvalue weighted by Gasteiger charge is 2.20. The lowest BCUT2D eigenvalue weighted by atomic mass is 9.91. The Kier molecular flexibility index (Phi) is 9.84.